The maximum absolute atomic E-state index is 11.7. The molecule has 1 amide bonds. The number of thioether (sulfide) groups is 1. The molecule has 6 nitrogen and oxygen atoms in total. The number of carbonyl (C=O) groups is 2. The van der Waals surface area contributed by atoms with Crippen molar-refractivity contribution in [3.8, 4) is 0 Å². The number of aromatic nitrogens is 3. The van der Waals surface area contributed by atoms with Gasteiger partial charge in [-0.3, -0.25) is 14.7 Å². The highest BCUT2D eigenvalue weighted by Crippen LogP contribution is 2.13. The number of nitrogens with zero attached hydrogens (tertiary/aromatic N) is 3. The standard InChI is InChI=1S/C9H12N4O2S/c14-7-1-3-13(4-2-7)8(15)5-16-9-10-6-11-12-9/h6H,1-5H2,(H,10,11,12). The predicted molar refractivity (Wildman–Crippen MR) is 57.9 cm³/mol. The molecule has 0 spiro atoms. The van der Waals surface area contributed by atoms with Gasteiger partial charge in [0, 0.05) is 25.9 Å². The molecule has 1 aliphatic heterocycles. The van der Waals surface area contributed by atoms with E-state index in [9.17, 15) is 9.59 Å². The van der Waals surface area contributed by atoms with E-state index in [1.54, 1.807) is 4.90 Å². The second kappa shape index (κ2) is 5.11. The number of Topliss-reactive ketones (excluding diaryl/α,β-unsaturated/α-hetero) is 1. The van der Waals surface area contributed by atoms with Crippen LogP contribution in [0, 0.1) is 0 Å². The molecule has 2 heterocycles. The number of piperidine rings is 1. The zero-order valence-electron chi connectivity index (χ0n) is 8.68. The molecule has 0 aromatic carbocycles. The average molecular weight is 240 g/mol. The van der Waals surface area contributed by atoms with Crippen molar-refractivity contribution in [1.29, 1.82) is 0 Å². The minimum absolute atomic E-state index is 0.0499. The van der Waals surface area contributed by atoms with Crippen LogP contribution in [0.1, 0.15) is 12.8 Å². The molecule has 0 saturated carbocycles. The number of ketones is 1. The van der Waals surface area contributed by atoms with Crippen molar-refractivity contribution in [2.75, 3.05) is 18.8 Å². The summed E-state index contributed by atoms with van der Waals surface area (Å²) in [4.78, 5) is 28.4. The Morgan fingerprint density at radius 2 is 2.25 bits per heavy atom. The number of rotatable bonds is 3. The van der Waals surface area contributed by atoms with Crippen LogP contribution in [-0.4, -0.2) is 50.6 Å². The van der Waals surface area contributed by atoms with Gasteiger partial charge in [-0.2, -0.15) is 5.10 Å². The van der Waals surface area contributed by atoms with Gasteiger partial charge in [-0.05, 0) is 0 Å². The molecule has 0 aliphatic carbocycles. The molecule has 86 valence electrons. The lowest BCUT2D eigenvalue weighted by atomic mass is 10.1. The van der Waals surface area contributed by atoms with Crippen LogP contribution in [-0.2, 0) is 9.59 Å². The van der Waals surface area contributed by atoms with E-state index in [1.165, 1.54) is 18.1 Å². The van der Waals surface area contributed by atoms with E-state index >= 15 is 0 Å². The predicted octanol–water partition coefficient (Wildman–Crippen LogP) is 0.0883. The summed E-state index contributed by atoms with van der Waals surface area (Å²) in [5.41, 5.74) is 0. The summed E-state index contributed by atoms with van der Waals surface area (Å²) in [6.07, 6.45) is 2.38. The highest BCUT2D eigenvalue weighted by molar-refractivity contribution is 7.99. The fourth-order valence-corrected chi connectivity index (χ4v) is 2.17. The maximum atomic E-state index is 11.7. The van der Waals surface area contributed by atoms with E-state index < -0.39 is 0 Å². The number of hydrogen-bond donors (Lipinski definition) is 1. The van der Waals surface area contributed by atoms with Crippen LogP contribution in [0.2, 0.25) is 0 Å². The summed E-state index contributed by atoms with van der Waals surface area (Å²) in [6, 6.07) is 0. The normalized spacial score (nSPS) is 16.5. The summed E-state index contributed by atoms with van der Waals surface area (Å²) in [6.45, 7) is 1.10. The highest BCUT2D eigenvalue weighted by atomic mass is 32.2. The van der Waals surface area contributed by atoms with Crippen LogP contribution in [0.15, 0.2) is 11.5 Å². The molecule has 1 fully saturated rings. The van der Waals surface area contributed by atoms with Gasteiger partial charge in [-0.15, -0.1) is 0 Å². The number of hydrogen-bond acceptors (Lipinski definition) is 5. The molecular formula is C9H12N4O2S. The van der Waals surface area contributed by atoms with Crippen molar-refractivity contribution in [2.24, 2.45) is 0 Å². The quantitative estimate of drug-likeness (QED) is 0.757. The van der Waals surface area contributed by atoms with Gasteiger partial charge in [-0.1, -0.05) is 11.8 Å². The number of amides is 1. The van der Waals surface area contributed by atoms with Crippen LogP contribution in [0.5, 0.6) is 0 Å². The van der Waals surface area contributed by atoms with Crippen molar-refractivity contribution in [3.05, 3.63) is 6.33 Å². The Balaban J connectivity index is 1.77. The number of H-pyrrole nitrogens is 1. The van der Waals surface area contributed by atoms with Gasteiger partial charge in [0.15, 0.2) is 5.16 Å². The molecule has 1 aromatic rings. The Kier molecular flexibility index (Phi) is 3.55. The van der Waals surface area contributed by atoms with E-state index in [0.29, 0.717) is 36.8 Å². The second-order valence-electron chi connectivity index (χ2n) is 3.50. The Labute approximate surface area is 96.8 Å². The fourth-order valence-electron chi connectivity index (χ4n) is 1.49. The molecule has 7 heteroatoms. The van der Waals surface area contributed by atoms with Crippen molar-refractivity contribution in [1.82, 2.24) is 20.1 Å². The topological polar surface area (TPSA) is 79.0 Å². The number of likely N-dealkylation sites (tertiary alicyclic amines) is 1. The van der Waals surface area contributed by atoms with Crippen molar-refractivity contribution >= 4 is 23.5 Å². The van der Waals surface area contributed by atoms with E-state index in [1.807, 2.05) is 0 Å². The monoisotopic (exact) mass is 240 g/mol. The molecule has 1 aliphatic rings. The van der Waals surface area contributed by atoms with E-state index in [4.69, 9.17) is 0 Å². The maximum Gasteiger partial charge on any atom is 0.233 e. The molecule has 16 heavy (non-hydrogen) atoms. The van der Waals surface area contributed by atoms with Crippen molar-refractivity contribution in [3.63, 3.8) is 0 Å². The third-order valence-corrected chi connectivity index (χ3v) is 3.26. The number of nitrogens with one attached hydrogen (secondary N) is 1. The number of aromatic amines is 1. The zero-order chi connectivity index (χ0) is 11.4. The Bertz CT molecular complexity index is 369. The van der Waals surface area contributed by atoms with Crippen LogP contribution in [0.25, 0.3) is 0 Å². The summed E-state index contributed by atoms with van der Waals surface area (Å²) in [5.74, 6) is 0.629. The van der Waals surface area contributed by atoms with E-state index in [2.05, 4.69) is 15.2 Å². The van der Waals surface area contributed by atoms with Crippen molar-refractivity contribution in [2.45, 2.75) is 18.0 Å². The molecule has 1 aromatic heterocycles. The van der Waals surface area contributed by atoms with Gasteiger partial charge in [0.1, 0.15) is 12.1 Å². The van der Waals surface area contributed by atoms with Gasteiger partial charge in [-0.25, -0.2) is 4.98 Å². The van der Waals surface area contributed by atoms with Crippen LogP contribution in [0.4, 0.5) is 0 Å². The van der Waals surface area contributed by atoms with E-state index in [0.717, 1.165) is 0 Å². The van der Waals surface area contributed by atoms with Gasteiger partial charge in [0.25, 0.3) is 0 Å². The lowest BCUT2D eigenvalue weighted by Crippen LogP contribution is -2.39. The molecule has 1 saturated heterocycles. The molecule has 0 bridgehead atoms. The smallest absolute Gasteiger partial charge is 0.233 e. The van der Waals surface area contributed by atoms with Gasteiger partial charge in [0.2, 0.25) is 5.91 Å². The first-order chi connectivity index (χ1) is 7.75. The Hall–Kier alpha value is -1.37. The SMILES string of the molecule is O=C1CCN(C(=O)CSc2ncn[nH]2)CC1. The summed E-state index contributed by atoms with van der Waals surface area (Å²) >= 11 is 1.32. The molecule has 1 N–H and O–H groups in total. The minimum Gasteiger partial charge on any atom is -0.341 e. The van der Waals surface area contributed by atoms with Gasteiger partial charge in [0.05, 0.1) is 5.75 Å². The van der Waals surface area contributed by atoms with Crippen LogP contribution >= 0.6 is 11.8 Å². The van der Waals surface area contributed by atoms with Crippen LogP contribution < -0.4 is 0 Å². The minimum atomic E-state index is 0.0499. The summed E-state index contributed by atoms with van der Waals surface area (Å²) < 4.78 is 0. The van der Waals surface area contributed by atoms with Gasteiger partial charge >= 0.3 is 0 Å². The molecule has 0 radical (unpaired) electrons. The first-order valence-corrected chi connectivity index (χ1v) is 6.02. The lowest BCUT2D eigenvalue weighted by molar-refractivity contribution is -0.132. The average Bonchev–Trinajstić information content (AvgIpc) is 2.80. The fraction of sp³-hybridized carbons (Fsp3) is 0.556. The molecule has 0 unspecified atom stereocenters. The molecule has 0 atom stereocenters. The van der Waals surface area contributed by atoms with Crippen molar-refractivity contribution < 1.29 is 9.59 Å². The first-order valence-electron chi connectivity index (χ1n) is 5.03. The second-order valence-corrected chi connectivity index (χ2v) is 4.46. The Morgan fingerprint density at radius 1 is 1.50 bits per heavy atom. The zero-order valence-corrected chi connectivity index (χ0v) is 9.50. The molecule has 2 rings (SSSR count). The number of carbonyl (C=O) groups excluding carboxylic acids is 2. The third kappa shape index (κ3) is 2.82. The largest absolute Gasteiger partial charge is 0.341 e. The van der Waals surface area contributed by atoms with Crippen LogP contribution in [0.3, 0.4) is 0 Å². The first kappa shape index (κ1) is 11.1. The summed E-state index contributed by atoms with van der Waals surface area (Å²) in [5, 5.41) is 7.02. The highest BCUT2D eigenvalue weighted by Gasteiger charge is 2.20. The van der Waals surface area contributed by atoms with Gasteiger partial charge < -0.3 is 4.90 Å². The molecular weight excluding hydrogens is 228 g/mol. The third-order valence-electron chi connectivity index (χ3n) is 2.40. The van der Waals surface area contributed by atoms with E-state index in [-0.39, 0.29) is 11.7 Å². The lowest BCUT2D eigenvalue weighted by Gasteiger charge is -2.25. The Morgan fingerprint density at radius 3 is 2.88 bits per heavy atom. The summed E-state index contributed by atoms with van der Waals surface area (Å²) in [7, 11) is 0.